The average Bonchev–Trinajstić information content (AvgIpc) is 2.69. The number of nitrogens with zero attached hydrogens (tertiary/aromatic N) is 1. The van der Waals surface area contributed by atoms with E-state index in [1.54, 1.807) is 21.3 Å². The zero-order chi connectivity index (χ0) is 22.6. The van der Waals surface area contributed by atoms with Crippen molar-refractivity contribution in [1.29, 1.82) is 0 Å². The summed E-state index contributed by atoms with van der Waals surface area (Å²) in [6.45, 7) is 9.65. The molecule has 0 atom stereocenters. The highest BCUT2D eigenvalue weighted by atomic mass is 16.6. The molecule has 1 amide bonds. The van der Waals surface area contributed by atoms with Crippen LogP contribution in [-0.2, 0) is 11.2 Å². The molecule has 0 saturated heterocycles. The van der Waals surface area contributed by atoms with Gasteiger partial charge >= 0.3 is 6.09 Å². The maximum absolute atomic E-state index is 11.7. The number of alkyl carbamates (subject to hydrolysis) is 1. The van der Waals surface area contributed by atoms with Gasteiger partial charge in [-0.3, -0.25) is 4.99 Å². The summed E-state index contributed by atoms with van der Waals surface area (Å²) in [6, 6.07) is 3.65. The van der Waals surface area contributed by atoms with Crippen molar-refractivity contribution in [3.8, 4) is 17.2 Å². The Morgan fingerprint density at radius 1 is 0.967 bits per heavy atom. The SMILES string of the molecule is CCNC(=NCCc1c(OC)cc(OC)cc1OC)NCCNC(=O)OC(C)(C)C. The third-order valence-corrected chi connectivity index (χ3v) is 3.88. The quantitative estimate of drug-likeness (QED) is 0.301. The normalized spacial score (nSPS) is 11.5. The van der Waals surface area contributed by atoms with Crippen LogP contribution >= 0.6 is 0 Å². The molecule has 1 aromatic rings. The van der Waals surface area contributed by atoms with Crippen LogP contribution in [0.25, 0.3) is 0 Å². The van der Waals surface area contributed by atoms with E-state index in [9.17, 15) is 4.79 Å². The van der Waals surface area contributed by atoms with Crippen LogP contribution in [0.5, 0.6) is 17.2 Å². The molecule has 30 heavy (non-hydrogen) atoms. The number of guanidine groups is 1. The lowest BCUT2D eigenvalue weighted by atomic mass is 10.1. The van der Waals surface area contributed by atoms with E-state index in [1.165, 1.54) is 0 Å². The second-order valence-electron chi connectivity index (χ2n) is 7.38. The minimum absolute atomic E-state index is 0.416. The van der Waals surface area contributed by atoms with Crippen molar-refractivity contribution in [3.63, 3.8) is 0 Å². The van der Waals surface area contributed by atoms with E-state index in [4.69, 9.17) is 18.9 Å². The van der Waals surface area contributed by atoms with Gasteiger partial charge in [0.15, 0.2) is 5.96 Å². The molecule has 170 valence electrons. The maximum atomic E-state index is 11.7. The molecular weight excluding hydrogens is 388 g/mol. The first-order valence-corrected chi connectivity index (χ1v) is 10.0. The lowest BCUT2D eigenvalue weighted by Gasteiger charge is -2.20. The van der Waals surface area contributed by atoms with Crippen LogP contribution in [0.4, 0.5) is 4.79 Å². The molecule has 1 aromatic carbocycles. The lowest BCUT2D eigenvalue weighted by Crippen LogP contribution is -2.42. The Kier molecular flexibility index (Phi) is 10.6. The zero-order valence-corrected chi connectivity index (χ0v) is 19.2. The van der Waals surface area contributed by atoms with Gasteiger partial charge in [-0.25, -0.2) is 4.79 Å². The van der Waals surface area contributed by atoms with Gasteiger partial charge in [0.05, 0.1) is 21.3 Å². The Morgan fingerprint density at radius 2 is 1.57 bits per heavy atom. The first kappa shape index (κ1) is 25.2. The number of hydrogen-bond acceptors (Lipinski definition) is 6. The molecule has 0 unspecified atom stereocenters. The minimum atomic E-state index is -0.516. The molecule has 3 N–H and O–H groups in total. The third-order valence-electron chi connectivity index (χ3n) is 3.88. The first-order valence-electron chi connectivity index (χ1n) is 10.0. The molecule has 0 saturated carbocycles. The van der Waals surface area contributed by atoms with Crippen LogP contribution in [0.2, 0.25) is 0 Å². The van der Waals surface area contributed by atoms with Crippen molar-refractivity contribution in [2.24, 2.45) is 4.99 Å². The topological polar surface area (TPSA) is 102 Å². The molecule has 0 spiro atoms. The summed E-state index contributed by atoms with van der Waals surface area (Å²) in [6.07, 6.45) is 0.188. The molecule has 0 aromatic heterocycles. The summed E-state index contributed by atoms with van der Waals surface area (Å²) >= 11 is 0. The Labute approximate surface area is 179 Å². The molecule has 9 heteroatoms. The van der Waals surface area contributed by atoms with Crippen LogP contribution in [0.15, 0.2) is 17.1 Å². The number of carbonyl (C=O) groups excluding carboxylic acids is 1. The van der Waals surface area contributed by atoms with Crippen LogP contribution in [0.3, 0.4) is 0 Å². The predicted octanol–water partition coefficient (Wildman–Crippen LogP) is 2.33. The first-order chi connectivity index (χ1) is 14.2. The van der Waals surface area contributed by atoms with E-state index in [1.807, 2.05) is 39.8 Å². The van der Waals surface area contributed by atoms with E-state index in [0.717, 1.165) is 12.1 Å². The molecule has 0 radical (unpaired) electrons. The molecule has 0 aliphatic heterocycles. The van der Waals surface area contributed by atoms with E-state index >= 15 is 0 Å². The van der Waals surface area contributed by atoms with Gasteiger partial charge in [0.25, 0.3) is 0 Å². The number of nitrogens with one attached hydrogen (secondary N) is 3. The average molecular weight is 425 g/mol. The predicted molar refractivity (Wildman–Crippen MR) is 118 cm³/mol. The van der Waals surface area contributed by atoms with E-state index in [0.29, 0.717) is 49.3 Å². The Morgan fingerprint density at radius 3 is 2.07 bits per heavy atom. The Balaban J connectivity index is 2.64. The van der Waals surface area contributed by atoms with Gasteiger partial charge < -0.3 is 34.9 Å². The number of amides is 1. The number of carbonyl (C=O) groups is 1. The van der Waals surface area contributed by atoms with E-state index in [2.05, 4.69) is 20.9 Å². The lowest BCUT2D eigenvalue weighted by molar-refractivity contribution is 0.0529. The molecule has 0 aliphatic rings. The number of rotatable bonds is 10. The van der Waals surface area contributed by atoms with Gasteiger partial charge in [0, 0.05) is 43.9 Å². The third kappa shape index (κ3) is 9.11. The monoisotopic (exact) mass is 424 g/mol. The largest absolute Gasteiger partial charge is 0.496 e. The van der Waals surface area contributed by atoms with E-state index in [-0.39, 0.29) is 0 Å². The molecule has 9 nitrogen and oxygen atoms in total. The summed E-state index contributed by atoms with van der Waals surface area (Å²) in [4.78, 5) is 16.3. The molecule has 1 rings (SSSR count). The highest BCUT2D eigenvalue weighted by Crippen LogP contribution is 2.34. The summed E-state index contributed by atoms with van der Waals surface area (Å²) < 4.78 is 21.5. The number of hydrogen-bond donors (Lipinski definition) is 3. The van der Waals surface area contributed by atoms with Gasteiger partial charge in [-0.15, -0.1) is 0 Å². The fraction of sp³-hybridized carbons (Fsp3) is 0.619. The fourth-order valence-corrected chi connectivity index (χ4v) is 2.61. The number of aliphatic imine (C=N–C) groups is 1. The Hall–Kier alpha value is -2.84. The second-order valence-corrected chi connectivity index (χ2v) is 7.38. The van der Waals surface area contributed by atoms with Crippen LogP contribution in [0, 0.1) is 0 Å². The molecule has 0 bridgehead atoms. The van der Waals surface area contributed by atoms with Crippen LogP contribution in [0.1, 0.15) is 33.3 Å². The van der Waals surface area contributed by atoms with Gasteiger partial charge in [-0.05, 0) is 34.1 Å². The van der Waals surface area contributed by atoms with Crippen LogP contribution in [-0.4, -0.2) is 65.2 Å². The van der Waals surface area contributed by atoms with Crippen molar-refractivity contribution in [2.45, 2.75) is 39.7 Å². The number of benzene rings is 1. The second kappa shape index (κ2) is 12.7. The fourth-order valence-electron chi connectivity index (χ4n) is 2.61. The summed E-state index contributed by atoms with van der Waals surface area (Å²) in [5.41, 5.74) is 0.407. The molecule has 0 heterocycles. The standard InChI is InChI=1S/C21H36N4O5/c1-8-22-19(24-11-12-25-20(26)30-21(2,3)4)23-10-9-16-17(28-6)13-15(27-5)14-18(16)29-7/h13-14H,8-12H2,1-7H3,(H,25,26)(H2,22,23,24). The van der Waals surface area contributed by atoms with Gasteiger partial charge in [-0.1, -0.05) is 0 Å². The van der Waals surface area contributed by atoms with Crippen LogP contribution < -0.4 is 30.2 Å². The summed E-state index contributed by atoms with van der Waals surface area (Å²) in [7, 11) is 4.83. The Bertz CT molecular complexity index is 676. The summed E-state index contributed by atoms with van der Waals surface area (Å²) in [5.74, 6) is 2.72. The van der Waals surface area contributed by atoms with E-state index < -0.39 is 11.7 Å². The number of ether oxygens (including phenoxy) is 4. The van der Waals surface area contributed by atoms with Gasteiger partial charge in [0.1, 0.15) is 22.8 Å². The van der Waals surface area contributed by atoms with Crippen molar-refractivity contribution in [3.05, 3.63) is 17.7 Å². The highest BCUT2D eigenvalue weighted by molar-refractivity contribution is 5.79. The highest BCUT2D eigenvalue weighted by Gasteiger charge is 2.15. The van der Waals surface area contributed by atoms with Crippen molar-refractivity contribution in [2.75, 3.05) is 47.5 Å². The maximum Gasteiger partial charge on any atom is 0.407 e. The minimum Gasteiger partial charge on any atom is -0.496 e. The van der Waals surface area contributed by atoms with Crippen molar-refractivity contribution in [1.82, 2.24) is 16.0 Å². The van der Waals surface area contributed by atoms with Crippen molar-refractivity contribution >= 4 is 12.1 Å². The molecular formula is C21H36N4O5. The summed E-state index contributed by atoms with van der Waals surface area (Å²) in [5, 5.41) is 9.08. The van der Waals surface area contributed by atoms with Gasteiger partial charge in [0.2, 0.25) is 0 Å². The van der Waals surface area contributed by atoms with Crippen molar-refractivity contribution < 1.29 is 23.7 Å². The molecule has 0 aliphatic carbocycles. The smallest absolute Gasteiger partial charge is 0.407 e. The van der Waals surface area contributed by atoms with Gasteiger partial charge in [-0.2, -0.15) is 0 Å². The number of methoxy groups -OCH3 is 3. The zero-order valence-electron chi connectivity index (χ0n) is 19.2. The molecule has 0 fully saturated rings.